The molecule has 4 aliphatic carbocycles. The van der Waals surface area contributed by atoms with E-state index < -0.39 is 12.2 Å². The van der Waals surface area contributed by atoms with Crippen LogP contribution in [-0.4, -0.2) is 28.2 Å². The van der Waals surface area contributed by atoms with E-state index in [4.69, 9.17) is 0 Å². The first kappa shape index (κ1) is 29.5. The largest absolute Gasteiger partial charge is 0.393 e. The fourth-order valence-electron chi connectivity index (χ4n) is 9.08. The minimum absolute atomic E-state index is 0.197. The average Bonchev–Trinajstić information content (AvgIpc) is 3.22. The van der Waals surface area contributed by atoms with Gasteiger partial charge in [0.05, 0.1) is 12.2 Å². The molecule has 0 aromatic carbocycles. The maximum Gasteiger partial charge on any atom is 0.139 e. The van der Waals surface area contributed by atoms with Crippen LogP contribution >= 0.6 is 0 Å². The molecule has 0 aromatic heterocycles. The Balaban J connectivity index is 1.36. The molecule has 2 unspecified atom stereocenters. The molecule has 3 nitrogen and oxygen atoms in total. The summed E-state index contributed by atoms with van der Waals surface area (Å²) < 4.78 is 0. The molecule has 4 saturated carbocycles. The molecule has 0 bridgehead atoms. The topological polar surface area (TPSA) is 57.5 Å². The summed E-state index contributed by atoms with van der Waals surface area (Å²) in [5.74, 6) is 3.05. The van der Waals surface area contributed by atoms with Crippen molar-refractivity contribution in [3.8, 4) is 0 Å². The molecule has 4 aliphatic rings. The highest BCUT2D eigenvalue weighted by Crippen LogP contribution is 2.60. The van der Waals surface area contributed by atoms with Crippen molar-refractivity contribution in [2.75, 3.05) is 0 Å². The Morgan fingerprint density at radius 1 is 1.16 bits per heavy atom. The fraction of sp³-hybridized carbons (Fsp3) is 0.743. The second kappa shape index (κ2) is 12.0. The molecular weight excluding hydrogens is 468 g/mol. The number of fused-ring (bicyclic) bond motifs is 1. The number of rotatable bonds is 8. The second-order valence-electron chi connectivity index (χ2n) is 14.1. The number of aliphatic hydroxyl groups excluding tert-OH is 2. The van der Waals surface area contributed by atoms with Gasteiger partial charge in [-0.2, -0.15) is 0 Å². The lowest BCUT2D eigenvalue weighted by Gasteiger charge is -2.44. The van der Waals surface area contributed by atoms with Gasteiger partial charge in [0.2, 0.25) is 0 Å². The normalized spacial score (nSPS) is 40.9. The standard InChI is InChI=1S/C35H54O3/c1-7-26-18-23(2)21-34(5,22-26)33(38)12-8-10-24(3)30-15-16-31-27(11-9-17-35(30,31)6)13-14-28-19-29(36)20-32(37)25(28)4/h13-14,24,26,29-32,36-37H,2,4,7-12,15-22H2,1,3,5-6H3/b27-13+,28-14-/t24-,26?,29-,30-,31+,32+,34?,35-/m1/s1. The first-order valence-electron chi connectivity index (χ1n) is 15.6. The van der Waals surface area contributed by atoms with E-state index in [1.54, 1.807) is 5.57 Å². The predicted octanol–water partition coefficient (Wildman–Crippen LogP) is 8.28. The quantitative estimate of drug-likeness (QED) is 0.315. The number of hydrogen-bond acceptors (Lipinski definition) is 3. The summed E-state index contributed by atoms with van der Waals surface area (Å²) in [6.07, 6.45) is 17.6. The van der Waals surface area contributed by atoms with Crippen LogP contribution in [0.4, 0.5) is 0 Å². The average molecular weight is 523 g/mol. The molecule has 0 heterocycles. The van der Waals surface area contributed by atoms with Gasteiger partial charge in [-0.05, 0) is 104 Å². The van der Waals surface area contributed by atoms with Gasteiger partial charge in [-0.15, -0.1) is 0 Å². The summed E-state index contributed by atoms with van der Waals surface area (Å²) >= 11 is 0. The maximum absolute atomic E-state index is 13.3. The monoisotopic (exact) mass is 522 g/mol. The van der Waals surface area contributed by atoms with Gasteiger partial charge in [0.1, 0.15) is 5.78 Å². The lowest BCUT2D eigenvalue weighted by molar-refractivity contribution is -0.129. The lowest BCUT2D eigenvalue weighted by atomic mass is 9.60. The Labute approximate surface area is 232 Å². The Bertz CT molecular complexity index is 972. The van der Waals surface area contributed by atoms with Crippen LogP contribution in [0, 0.1) is 34.5 Å². The van der Waals surface area contributed by atoms with E-state index in [1.807, 2.05) is 0 Å². The molecule has 212 valence electrons. The minimum Gasteiger partial charge on any atom is -0.393 e. The highest BCUT2D eigenvalue weighted by molar-refractivity contribution is 5.85. The molecule has 4 fully saturated rings. The molecular formula is C35H54O3. The highest BCUT2D eigenvalue weighted by atomic mass is 16.3. The molecule has 4 rings (SSSR count). The number of hydrogen-bond donors (Lipinski definition) is 2. The van der Waals surface area contributed by atoms with Gasteiger partial charge in [0.15, 0.2) is 0 Å². The zero-order valence-electron chi connectivity index (χ0n) is 24.7. The van der Waals surface area contributed by atoms with E-state index in [1.165, 1.54) is 31.3 Å². The van der Waals surface area contributed by atoms with Gasteiger partial charge in [-0.25, -0.2) is 0 Å². The first-order chi connectivity index (χ1) is 18.0. The fourth-order valence-corrected chi connectivity index (χ4v) is 9.08. The van der Waals surface area contributed by atoms with Gasteiger partial charge >= 0.3 is 0 Å². The molecule has 38 heavy (non-hydrogen) atoms. The molecule has 8 atom stereocenters. The Hall–Kier alpha value is -1.45. The summed E-state index contributed by atoms with van der Waals surface area (Å²) in [7, 11) is 0. The van der Waals surface area contributed by atoms with Gasteiger partial charge in [0.25, 0.3) is 0 Å². The van der Waals surface area contributed by atoms with Crippen LogP contribution in [0.15, 0.2) is 47.6 Å². The van der Waals surface area contributed by atoms with E-state index in [0.29, 0.717) is 47.7 Å². The van der Waals surface area contributed by atoms with Crippen LogP contribution in [0.2, 0.25) is 0 Å². The number of carbonyl (C=O) groups excluding carboxylic acids is 1. The van der Waals surface area contributed by atoms with Crippen molar-refractivity contribution in [3.63, 3.8) is 0 Å². The molecule has 0 spiro atoms. The van der Waals surface area contributed by atoms with Crippen molar-refractivity contribution in [2.24, 2.45) is 34.5 Å². The van der Waals surface area contributed by atoms with Gasteiger partial charge < -0.3 is 10.2 Å². The smallest absolute Gasteiger partial charge is 0.139 e. The predicted molar refractivity (Wildman–Crippen MR) is 158 cm³/mol. The number of aliphatic hydroxyl groups is 2. The maximum atomic E-state index is 13.3. The van der Waals surface area contributed by atoms with E-state index >= 15 is 0 Å². The Kier molecular flexibility index (Phi) is 9.30. The van der Waals surface area contributed by atoms with Crippen molar-refractivity contribution in [1.82, 2.24) is 0 Å². The molecule has 0 aromatic rings. The van der Waals surface area contributed by atoms with E-state index in [0.717, 1.165) is 62.5 Å². The third-order valence-electron chi connectivity index (χ3n) is 11.3. The van der Waals surface area contributed by atoms with Crippen LogP contribution < -0.4 is 0 Å². The third-order valence-corrected chi connectivity index (χ3v) is 11.3. The Morgan fingerprint density at radius 3 is 2.66 bits per heavy atom. The number of carbonyl (C=O) groups is 1. The lowest BCUT2D eigenvalue weighted by Crippen LogP contribution is -2.36. The molecule has 0 radical (unpaired) electrons. The zero-order chi connectivity index (χ0) is 27.7. The van der Waals surface area contributed by atoms with Crippen molar-refractivity contribution < 1.29 is 15.0 Å². The molecule has 0 amide bonds. The summed E-state index contributed by atoms with van der Waals surface area (Å²) in [4.78, 5) is 13.3. The van der Waals surface area contributed by atoms with E-state index in [9.17, 15) is 15.0 Å². The number of ketones is 1. The van der Waals surface area contributed by atoms with E-state index in [2.05, 4.69) is 53.0 Å². The minimum atomic E-state index is -0.629. The van der Waals surface area contributed by atoms with Crippen molar-refractivity contribution >= 4 is 5.78 Å². The van der Waals surface area contributed by atoms with Crippen LogP contribution in [0.25, 0.3) is 0 Å². The summed E-state index contributed by atoms with van der Waals surface area (Å²) in [5.41, 5.74) is 4.73. The number of Topliss-reactive ketones (excluding diaryl/α,β-unsaturated/α-hetero) is 1. The number of allylic oxidation sites excluding steroid dienone is 4. The van der Waals surface area contributed by atoms with Crippen LogP contribution in [0.1, 0.15) is 118 Å². The van der Waals surface area contributed by atoms with Crippen LogP contribution in [-0.2, 0) is 4.79 Å². The Morgan fingerprint density at radius 2 is 1.92 bits per heavy atom. The molecule has 0 aliphatic heterocycles. The van der Waals surface area contributed by atoms with Gasteiger partial charge in [-0.1, -0.05) is 77.0 Å². The highest BCUT2D eigenvalue weighted by Gasteiger charge is 2.50. The van der Waals surface area contributed by atoms with Crippen molar-refractivity contribution in [3.05, 3.63) is 47.6 Å². The SMILES string of the molecule is C=C1CC(CC)CC(C)(C(=O)CCC[C@@H](C)[C@H]2CC[C@H]3/C(=C/C=C4/C[C@@H](O)C[C@H](O)C4=C)CCC[C@]23C)C1. The summed E-state index contributed by atoms with van der Waals surface area (Å²) in [6.45, 7) is 17.8. The third kappa shape index (κ3) is 6.15. The summed E-state index contributed by atoms with van der Waals surface area (Å²) in [5, 5.41) is 20.4. The summed E-state index contributed by atoms with van der Waals surface area (Å²) in [6, 6.07) is 0. The van der Waals surface area contributed by atoms with Crippen LogP contribution in [0.3, 0.4) is 0 Å². The first-order valence-corrected chi connectivity index (χ1v) is 15.6. The molecule has 2 N–H and O–H groups in total. The zero-order valence-corrected chi connectivity index (χ0v) is 24.7. The molecule has 0 saturated heterocycles. The van der Waals surface area contributed by atoms with E-state index in [-0.39, 0.29) is 5.41 Å². The second-order valence-corrected chi connectivity index (χ2v) is 14.1. The van der Waals surface area contributed by atoms with Crippen molar-refractivity contribution in [1.29, 1.82) is 0 Å². The molecule has 3 heteroatoms. The van der Waals surface area contributed by atoms with Crippen molar-refractivity contribution in [2.45, 2.75) is 130 Å². The van der Waals surface area contributed by atoms with Crippen LogP contribution in [0.5, 0.6) is 0 Å². The van der Waals surface area contributed by atoms with Gasteiger partial charge in [0, 0.05) is 18.3 Å². The van der Waals surface area contributed by atoms with Gasteiger partial charge in [-0.3, -0.25) is 4.79 Å².